The summed E-state index contributed by atoms with van der Waals surface area (Å²) in [4.78, 5) is 19.0. The summed E-state index contributed by atoms with van der Waals surface area (Å²) in [6.45, 7) is 4.74. The molecule has 5 nitrogen and oxygen atoms in total. The van der Waals surface area contributed by atoms with Gasteiger partial charge in [0.1, 0.15) is 10.6 Å². The van der Waals surface area contributed by atoms with E-state index in [1.54, 1.807) is 12.1 Å². The molecule has 1 fully saturated rings. The highest BCUT2D eigenvalue weighted by molar-refractivity contribution is 7.20. The van der Waals surface area contributed by atoms with E-state index in [1.165, 1.54) is 23.5 Å². The molecule has 0 N–H and O–H groups in total. The van der Waals surface area contributed by atoms with Gasteiger partial charge in [0.15, 0.2) is 0 Å². The quantitative estimate of drug-likeness (QED) is 0.490. The van der Waals surface area contributed by atoms with Crippen LogP contribution in [0, 0.1) is 12.7 Å². The first-order valence-corrected chi connectivity index (χ1v) is 10.8. The Balaban J connectivity index is 1.35. The molecule has 0 radical (unpaired) electrons. The lowest BCUT2D eigenvalue weighted by molar-refractivity contribution is 0.0751. The molecule has 0 bridgehead atoms. The van der Waals surface area contributed by atoms with E-state index in [2.05, 4.69) is 10.00 Å². The minimum atomic E-state index is -0.235. The molecular formula is C23H21FN4OS. The molecule has 1 amide bonds. The van der Waals surface area contributed by atoms with Gasteiger partial charge in [0.25, 0.3) is 5.91 Å². The molecule has 0 unspecified atom stereocenters. The van der Waals surface area contributed by atoms with Gasteiger partial charge in [-0.15, -0.1) is 11.3 Å². The molecule has 1 aliphatic rings. The number of hydrogen-bond acceptors (Lipinski definition) is 4. The number of hydrogen-bond donors (Lipinski definition) is 0. The van der Waals surface area contributed by atoms with Crippen LogP contribution in [-0.2, 0) is 0 Å². The maximum Gasteiger partial charge on any atom is 0.264 e. The van der Waals surface area contributed by atoms with Crippen molar-refractivity contribution in [3.63, 3.8) is 0 Å². The summed E-state index contributed by atoms with van der Waals surface area (Å²) in [5.41, 5.74) is 2.90. The summed E-state index contributed by atoms with van der Waals surface area (Å²) in [6, 6.07) is 18.5. The average Bonchev–Trinajstić information content (AvgIpc) is 3.35. The van der Waals surface area contributed by atoms with Crippen LogP contribution >= 0.6 is 11.3 Å². The Hall–Kier alpha value is -3.19. The van der Waals surface area contributed by atoms with Gasteiger partial charge in [-0.2, -0.15) is 5.10 Å². The highest BCUT2D eigenvalue weighted by Gasteiger charge is 2.25. The lowest BCUT2D eigenvalue weighted by atomic mass is 10.2. The van der Waals surface area contributed by atoms with Crippen molar-refractivity contribution in [3.05, 3.63) is 77.1 Å². The smallest absolute Gasteiger partial charge is 0.264 e. The van der Waals surface area contributed by atoms with Crippen molar-refractivity contribution in [2.24, 2.45) is 0 Å². The average molecular weight is 421 g/mol. The van der Waals surface area contributed by atoms with Gasteiger partial charge >= 0.3 is 0 Å². The minimum absolute atomic E-state index is 0.0639. The Kier molecular flexibility index (Phi) is 4.75. The molecule has 0 atom stereocenters. The first-order chi connectivity index (χ1) is 14.6. The number of fused-ring (bicyclic) bond motifs is 1. The van der Waals surface area contributed by atoms with Crippen molar-refractivity contribution < 1.29 is 9.18 Å². The number of carbonyl (C=O) groups excluding carboxylic acids is 1. The maximum atomic E-state index is 13.2. The largest absolute Gasteiger partial charge is 0.368 e. The van der Waals surface area contributed by atoms with Gasteiger partial charge in [-0.3, -0.25) is 4.79 Å². The highest BCUT2D eigenvalue weighted by atomic mass is 32.1. The highest BCUT2D eigenvalue weighted by Crippen LogP contribution is 2.31. The lowest BCUT2D eigenvalue weighted by Crippen LogP contribution is -2.48. The number of rotatable bonds is 3. The van der Waals surface area contributed by atoms with Crippen LogP contribution in [0.3, 0.4) is 0 Å². The molecule has 3 heterocycles. The van der Waals surface area contributed by atoms with E-state index in [1.807, 2.05) is 52.9 Å². The molecule has 4 aromatic rings. The first kappa shape index (κ1) is 18.8. The number of anilines is 1. The predicted octanol–water partition coefficient (Wildman–Crippen LogP) is 4.50. The zero-order valence-electron chi connectivity index (χ0n) is 16.6. The summed E-state index contributed by atoms with van der Waals surface area (Å²) in [7, 11) is 0. The summed E-state index contributed by atoms with van der Waals surface area (Å²) in [5.74, 6) is -0.171. The molecule has 0 spiro atoms. The van der Waals surface area contributed by atoms with Crippen LogP contribution in [0.1, 0.15) is 15.4 Å². The van der Waals surface area contributed by atoms with Gasteiger partial charge in [-0.25, -0.2) is 9.07 Å². The zero-order chi connectivity index (χ0) is 20.7. The fraction of sp³-hybridized carbons (Fsp3) is 0.217. The summed E-state index contributed by atoms with van der Waals surface area (Å²) < 4.78 is 15.1. The van der Waals surface area contributed by atoms with Crippen LogP contribution in [0.4, 0.5) is 10.1 Å². The van der Waals surface area contributed by atoms with Crippen LogP contribution in [-0.4, -0.2) is 46.8 Å². The predicted molar refractivity (Wildman–Crippen MR) is 118 cm³/mol. The summed E-state index contributed by atoms with van der Waals surface area (Å²) in [5, 5.41) is 5.68. The topological polar surface area (TPSA) is 41.4 Å². The Morgan fingerprint density at radius 1 is 0.967 bits per heavy atom. The van der Waals surface area contributed by atoms with Crippen molar-refractivity contribution in [1.82, 2.24) is 14.7 Å². The molecule has 30 heavy (non-hydrogen) atoms. The standard InChI is InChI=1S/C23H21FN4OS/c1-16-20-15-21(30-23(20)28(25-16)19-5-3-2-4-6-19)22(29)27-13-11-26(12-14-27)18-9-7-17(24)8-10-18/h2-10,15H,11-14H2,1H3. The molecular weight excluding hydrogens is 399 g/mol. The van der Waals surface area contributed by atoms with Crippen LogP contribution in [0.15, 0.2) is 60.7 Å². The zero-order valence-corrected chi connectivity index (χ0v) is 17.4. The molecule has 0 saturated carbocycles. The van der Waals surface area contributed by atoms with Gasteiger partial charge in [0, 0.05) is 37.3 Å². The molecule has 152 valence electrons. The van der Waals surface area contributed by atoms with Crippen LogP contribution in [0.5, 0.6) is 0 Å². The fourth-order valence-corrected chi connectivity index (χ4v) is 5.02. The fourth-order valence-electron chi connectivity index (χ4n) is 3.87. The van der Waals surface area contributed by atoms with Crippen molar-refractivity contribution in [2.45, 2.75) is 6.92 Å². The Bertz CT molecular complexity index is 1190. The second kappa shape index (κ2) is 7.57. The molecule has 2 aromatic carbocycles. The van der Waals surface area contributed by atoms with Gasteiger partial charge < -0.3 is 9.80 Å². The number of halogens is 1. The molecule has 1 aliphatic heterocycles. The van der Waals surface area contributed by atoms with E-state index in [9.17, 15) is 9.18 Å². The number of aryl methyl sites for hydroxylation is 1. The van der Waals surface area contributed by atoms with Gasteiger partial charge in [0.05, 0.1) is 16.3 Å². The van der Waals surface area contributed by atoms with Gasteiger partial charge in [-0.1, -0.05) is 18.2 Å². The monoisotopic (exact) mass is 420 g/mol. The summed E-state index contributed by atoms with van der Waals surface area (Å²) in [6.07, 6.45) is 0. The Morgan fingerprint density at radius 3 is 2.37 bits per heavy atom. The van der Waals surface area contributed by atoms with Crippen LogP contribution < -0.4 is 4.90 Å². The molecule has 7 heteroatoms. The lowest BCUT2D eigenvalue weighted by Gasteiger charge is -2.36. The number of benzene rings is 2. The number of para-hydroxylation sites is 1. The van der Waals surface area contributed by atoms with Gasteiger partial charge in [-0.05, 0) is 49.4 Å². The maximum absolute atomic E-state index is 13.2. The SMILES string of the molecule is Cc1nn(-c2ccccc2)c2sc(C(=O)N3CCN(c4ccc(F)cc4)CC3)cc12. The Labute approximate surface area is 178 Å². The second-order valence-electron chi connectivity index (χ2n) is 7.42. The van der Waals surface area contributed by atoms with E-state index in [0.717, 1.165) is 45.3 Å². The molecule has 5 rings (SSSR count). The normalized spacial score (nSPS) is 14.5. The van der Waals surface area contributed by atoms with E-state index in [4.69, 9.17) is 0 Å². The molecule has 2 aromatic heterocycles. The first-order valence-electron chi connectivity index (χ1n) is 9.94. The van der Waals surface area contributed by atoms with E-state index < -0.39 is 0 Å². The summed E-state index contributed by atoms with van der Waals surface area (Å²) >= 11 is 1.49. The number of carbonyl (C=O) groups is 1. The van der Waals surface area contributed by atoms with E-state index in [-0.39, 0.29) is 11.7 Å². The Morgan fingerprint density at radius 2 is 1.67 bits per heavy atom. The third kappa shape index (κ3) is 3.35. The number of piperazine rings is 1. The molecule has 1 saturated heterocycles. The third-order valence-corrected chi connectivity index (χ3v) is 6.61. The van der Waals surface area contributed by atoms with E-state index in [0.29, 0.717) is 13.1 Å². The number of thiophene rings is 1. The van der Waals surface area contributed by atoms with Crippen molar-refractivity contribution in [2.75, 3.05) is 31.1 Å². The third-order valence-electron chi connectivity index (χ3n) is 5.51. The number of nitrogens with zero attached hydrogens (tertiary/aromatic N) is 4. The van der Waals surface area contributed by atoms with Crippen molar-refractivity contribution in [3.8, 4) is 5.69 Å². The number of aromatic nitrogens is 2. The van der Waals surface area contributed by atoms with Gasteiger partial charge in [0.2, 0.25) is 0 Å². The molecule has 0 aliphatic carbocycles. The van der Waals surface area contributed by atoms with Crippen molar-refractivity contribution >= 4 is 33.1 Å². The second-order valence-corrected chi connectivity index (χ2v) is 8.45. The minimum Gasteiger partial charge on any atom is -0.368 e. The van der Waals surface area contributed by atoms with Crippen molar-refractivity contribution in [1.29, 1.82) is 0 Å². The van der Waals surface area contributed by atoms with E-state index >= 15 is 0 Å². The van der Waals surface area contributed by atoms with Crippen LogP contribution in [0.2, 0.25) is 0 Å². The number of amides is 1. The van der Waals surface area contributed by atoms with Crippen LogP contribution in [0.25, 0.3) is 15.9 Å².